The van der Waals surface area contributed by atoms with Gasteiger partial charge >= 0.3 is 0 Å². The lowest BCUT2D eigenvalue weighted by molar-refractivity contribution is 0.602. The zero-order valence-corrected chi connectivity index (χ0v) is 14.7. The number of halogens is 1. The van der Waals surface area contributed by atoms with Crippen LogP contribution in [0.25, 0.3) is 11.4 Å². The van der Waals surface area contributed by atoms with E-state index >= 15 is 0 Å². The molecule has 134 valence electrons. The Bertz CT molecular complexity index is 1060. The summed E-state index contributed by atoms with van der Waals surface area (Å²) in [7, 11) is -3.28. The monoisotopic (exact) mass is 373 g/mol. The van der Waals surface area contributed by atoms with E-state index in [1.165, 1.54) is 12.1 Å². The third kappa shape index (κ3) is 3.43. The summed E-state index contributed by atoms with van der Waals surface area (Å²) in [4.78, 5) is 8.38. The average molecular weight is 373 g/mol. The van der Waals surface area contributed by atoms with Gasteiger partial charge in [-0.25, -0.2) is 22.8 Å². The Labute approximate surface area is 149 Å². The lowest BCUT2D eigenvalue weighted by Gasteiger charge is -2.06. The van der Waals surface area contributed by atoms with Crippen molar-refractivity contribution in [3.05, 3.63) is 48.0 Å². The summed E-state index contributed by atoms with van der Waals surface area (Å²) in [6.07, 6.45) is 4.48. The maximum Gasteiger partial charge on any atom is 0.184 e. The van der Waals surface area contributed by atoms with Gasteiger partial charge in [0.05, 0.1) is 11.1 Å². The molecule has 1 fully saturated rings. The van der Waals surface area contributed by atoms with Gasteiger partial charge in [0.15, 0.2) is 33.1 Å². The molecule has 1 saturated carbocycles. The number of sulfone groups is 1. The maximum absolute atomic E-state index is 14.1. The number of rotatable bonds is 5. The number of nitrogens with one attached hydrogen (secondary N) is 2. The fourth-order valence-corrected chi connectivity index (χ4v) is 3.20. The van der Waals surface area contributed by atoms with Crippen LogP contribution in [0.2, 0.25) is 0 Å². The van der Waals surface area contributed by atoms with Crippen molar-refractivity contribution in [2.75, 3.05) is 11.6 Å². The first kappa shape index (κ1) is 16.6. The zero-order chi connectivity index (χ0) is 18.3. The van der Waals surface area contributed by atoms with Crippen LogP contribution < -0.4 is 5.32 Å². The number of aromatic amines is 1. The lowest BCUT2D eigenvalue weighted by atomic mass is 10.2. The molecule has 0 amide bonds. The molecule has 0 atom stereocenters. The van der Waals surface area contributed by atoms with E-state index in [1.807, 2.05) is 6.07 Å². The molecule has 2 N–H and O–H groups in total. The molecule has 0 unspecified atom stereocenters. The SMILES string of the molecule is CS(=O)(=O)c1ccc(-c2ncc(F)c(Nc3cc(C4CC4)[nH]n3)n2)cc1. The van der Waals surface area contributed by atoms with E-state index in [-0.39, 0.29) is 16.5 Å². The highest BCUT2D eigenvalue weighted by molar-refractivity contribution is 7.90. The van der Waals surface area contributed by atoms with Crippen molar-refractivity contribution in [1.29, 1.82) is 0 Å². The Kier molecular flexibility index (Phi) is 3.95. The summed E-state index contributed by atoms with van der Waals surface area (Å²) in [6, 6.07) is 7.97. The van der Waals surface area contributed by atoms with Gasteiger partial charge in [-0.15, -0.1) is 0 Å². The first-order valence-electron chi connectivity index (χ1n) is 8.05. The van der Waals surface area contributed by atoms with Gasteiger partial charge in [0.2, 0.25) is 0 Å². The summed E-state index contributed by atoms with van der Waals surface area (Å²) < 4.78 is 37.1. The number of hydrogen-bond donors (Lipinski definition) is 2. The summed E-state index contributed by atoms with van der Waals surface area (Å²) in [6.45, 7) is 0. The molecule has 0 aliphatic heterocycles. The minimum absolute atomic E-state index is 0.0102. The largest absolute Gasteiger partial charge is 0.321 e. The van der Waals surface area contributed by atoms with Gasteiger partial charge in [-0.2, -0.15) is 5.10 Å². The van der Waals surface area contributed by atoms with E-state index in [4.69, 9.17) is 0 Å². The van der Waals surface area contributed by atoms with Crippen LogP contribution in [0, 0.1) is 5.82 Å². The van der Waals surface area contributed by atoms with Gasteiger partial charge < -0.3 is 5.32 Å². The molecule has 1 aliphatic carbocycles. The number of anilines is 2. The first-order chi connectivity index (χ1) is 12.4. The topological polar surface area (TPSA) is 101 Å². The van der Waals surface area contributed by atoms with Crippen LogP contribution in [0.15, 0.2) is 41.4 Å². The highest BCUT2D eigenvalue weighted by atomic mass is 32.2. The molecule has 4 rings (SSSR count). The lowest BCUT2D eigenvalue weighted by Crippen LogP contribution is -2.01. The second-order valence-electron chi connectivity index (χ2n) is 6.29. The molecule has 7 nitrogen and oxygen atoms in total. The highest BCUT2D eigenvalue weighted by Gasteiger charge is 2.25. The Hall–Kier alpha value is -2.81. The number of benzene rings is 1. The van der Waals surface area contributed by atoms with Crippen LogP contribution in [0.1, 0.15) is 24.5 Å². The number of aromatic nitrogens is 4. The molecule has 26 heavy (non-hydrogen) atoms. The second kappa shape index (κ2) is 6.17. The van der Waals surface area contributed by atoms with E-state index in [9.17, 15) is 12.8 Å². The highest BCUT2D eigenvalue weighted by Crippen LogP contribution is 2.39. The Balaban J connectivity index is 1.60. The van der Waals surface area contributed by atoms with Gasteiger partial charge in [0, 0.05) is 29.5 Å². The van der Waals surface area contributed by atoms with E-state index in [1.54, 1.807) is 12.1 Å². The molecule has 0 bridgehead atoms. The molecule has 0 saturated heterocycles. The van der Waals surface area contributed by atoms with Crippen LogP contribution >= 0.6 is 0 Å². The molecular formula is C17H16FN5O2S. The normalized spacial score (nSPS) is 14.4. The minimum atomic E-state index is -3.28. The molecule has 3 aromatic rings. The smallest absolute Gasteiger partial charge is 0.184 e. The van der Waals surface area contributed by atoms with E-state index in [0.29, 0.717) is 17.3 Å². The third-order valence-corrected chi connectivity index (χ3v) is 5.27. The van der Waals surface area contributed by atoms with Crippen molar-refractivity contribution in [2.24, 2.45) is 0 Å². The van der Waals surface area contributed by atoms with Gasteiger partial charge in [0.25, 0.3) is 0 Å². The van der Waals surface area contributed by atoms with Gasteiger partial charge in [-0.1, -0.05) is 0 Å². The predicted molar refractivity (Wildman–Crippen MR) is 94.4 cm³/mol. The van der Waals surface area contributed by atoms with Crippen LogP contribution in [-0.4, -0.2) is 34.8 Å². The summed E-state index contributed by atoms with van der Waals surface area (Å²) in [5.74, 6) is 0.695. The fourth-order valence-electron chi connectivity index (χ4n) is 2.57. The number of hydrogen-bond acceptors (Lipinski definition) is 6. The zero-order valence-electron chi connectivity index (χ0n) is 13.9. The second-order valence-corrected chi connectivity index (χ2v) is 8.31. The van der Waals surface area contributed by atoms with Crippen LogP contribution in [0.4, 0.5) is 16.0 Å². The van der Waals surface area contributed by atoms with Gasteiger partial charge in [-0.3, -0.25) is 5.10 Å². The Morgan fingerprint density at radius 2 is 1.96 bits per heavy atom. The Morgan fingerprint density at radius 3 is 2.62 bits per heavy atom. The van der Waals surface area contributed by atoms with E-state index < -0.39 is 15.7 Å². The number of H-pyrrole nitrogens is 1. The van der Waals surface area contributed by atoms with Crippen molar-refractivity contribution in [1.82, 2.24) is 20.2 Å². The molecular weight excluding hydrogens is 357 g/mol. The first-order valence-corrected chi connectivity index (χ1v) is 9.94. The molecule has 0 spiro atoms. The standard InChI is InChI=1S/C17H16FN5O2S/c1-26(24,25)12-6-4-11(5-7-12)16-19-9-13(18)17(21-16)20-15-8-14(22-23-15)10-2-3-10/h4-10H,2-3H2,1H3,(H2,19,20,21,22,23). The van der Waals surface area contributed by atoms with Crippen LogP contribution in [-0.2, 0) is 9.84 Å². The van der Waals surface area contributed by atoms with Crippen molar-refractivity contribution in [3.63, 3.8) is 0 Å². The molecule has 2 heterocycles. The molecule has 2 aromatic heterocycles. The van der Waals surface area contributed by atoms with Crippen molar-refractivity contribution in [2.45, 2.75) is 23.7 Å². The van der Waals surface area contributed by atoms with Crippen LogP contribution in [0.5, 0.6) is 0 Å². The molecule has 1 aromatic carbocycles. The molecule has 0 radical (unpaired) electrons. The summed E-state index contributed by atoms with van der Waals surface area (Å²) >= 11 is 0. The average Bonchev–Trinajstić information content (AvgIpc) is 3.36. The Morgan fingerprint density at radius 1 is 1.23 bits per heavy atom. The number of nitrogens with zero attached hydrogens (tertiary/aromatic N) is 3. The van der Waals surface area contributed by atoms with Crippen molar-refractivity contribution in [3.8, 4) is 11.4 Å². The fraction of sp³-hybridized carbons (Fsp3) is 0.235. The third-order valence-electron chi connectivity index (χ3n) is 4.15. The summed E-state index contributed by atoms with van der Waals surface area (Å²) in [5, 5.41) is 9.92. The molecule has 1 aliphatic rings. The maximum atomic E-state index is 14.1. The molecule has 9 heteroatoms. The predicted octanol–water partition coefficient (Wildman–Crippen LogP) is 3.03. The van der Waals surface area contributed by atoms with E-state index in [2.05, 4.69) is 25.5 Å². The van der Waals surface area contributed by atoms with Crippen LogP contribution in [0.3, 0.4) is 0 Å². The van der Waals surface area contributed by atoms with Gasteiger partial charge in [0.1, 0.15) is 0 Å². The quantitative estimate of drug-likeness (QED) is 0.713. The minimum Gasteiger partial charge on any atom is -0.321 e. The van der Waals surface area contributed by atoms with Crippen molar-refractivity contribution >= 4 is 21.5 Å². The van der Waals surface area contributed by atoms with Gasteiger partial charge in [-0.05, 0) is 37.1 Å². The summed E-state index contributed by atoms with van der Waals surface area (Å²) in [5.41, 5.74) is 1.61. The van der Waals surface area contributed by atoms with E-state index in [0.717, 1.165) is 31.0 Å². The van der Waals surface area contributed by atoms with Crippen molar-refractivity contribution < 1.29 is 12.8 Å².